The molecule has 6 nitrogen and oxygen atoms in total. The first-order valence-corrected chi connectivity index (χ1v) is 10.5. The van der Waals surface area contributed by atoms with Crippen molar-refractivity contribution in [2.24, 2.45) is 5.41 Å². The summed E-state index contributed by atoms with van der Waals surface area (Å²) in [4.78, 5) is 19.2. The number of carbonyl (C=O) groups is 1. The van der Waals surface area contributed by atoms with Gasteiger partial charge in [0.1, 0.15) is 5.69 Å². The third-order valence-corrected chi connectivity index (χ3v) is 6.33. The number of benzene rings is 1. The van der Waals surface area contributed by atoms with Gasteiger partial charge in [0.2, 0.25) is 0 Å². The summed E-state index contributed by atoms with van der Waals surface area (Å²) >= 11 is 1.49. The number of carbonyl (C=O) groups excluding carboxylic acids is 1. The molecule has 28 heavy (non-hydrogen) atoms. The van der Waals surface area contributed by atoms with Gasteiger partial charge in [-0.2, -0.15) is 0 Å². The first-order valence-electron chi connectivity index (χ1n) is 9.63. The highest BCUT2D eigenvalue weighted by molar-refractivity contribution is 7.09. The van der Waals surface area contributed by atoms with Crippen molar-refractivity contribution in [2.75, 3.05) is 33.4 Å². The number of hydrogen-bond donors (Lipinski definition) is 2. The fourth-order valence-electron chi connectivity index (χ4n) is 3.79. The molecule has 0 unspecified atom stereocenters. The van der Waals surface area contributed by atoms with Gasteiger partial charge in [0, 0.05) is 44.0 Å². The smallest absolute Gasteiger partial charge is 0.273 e. The Morgan fingerprint density at radius 2 is 2.18 bits per heavy atom. The molecule has 1 saturated heterocycles. The summed E-state index contributed by atoms with van der Waals surface area (Å²) < 4.78 is 5.10. The Hall–Kier alpha value is -1.80. The number of nitrogens with zero attached hydrogens (tertiary/aromatic N) is 2. The molecule has 2 atom stereocenters. The number of thiazole rings is 1. The number of piperidine rings is 1. The predicted octanol–water partition coefficient (Wildman–Crippen LogP) is 2.35. The Labute approximate surface area is 169 Å². The van der Waals surface area contributed by atoms with Gasteiger partial charge in [0.25, 0.3) is 5.91 Å². The highest BCUT2D eigenvalue weighted by Gasteiger charge is 2.43. The van der Waals surface area contributed by atoms with Crippen molar-refractivity contribution in [3.63, 3.8) is 0 Å². The van der Waals surface area contributed by atoms with Gasteiger partial charge < -0.3 is 19.8 Å². The standard InChI is InChI=1S/C21H28N2O4S/c1-27-11-5-9-21(15-24)14-23(10-8-18(21)25)20(26)17-13-28-19(22-17)12-16-6-3-2-4-7-16/h2-4,6-7,13,18,24-25H,5,8-12,14-15H2,1H3/t18-,21+/m1/s1. The number of rotatable bonds is 8. The lowest BCUT2D eigenvalue weighted by Crippen LogP contribution is -2.55. The van der Waals surface area contributed by atoms with E-state index in [0.717, 1.165) is 17.0 Å². The number of amides is 1. The Kier molecular flexibility index (Phi) is 7.18. The highest BCUT2D eigenvalue weighted by atomic mass is 32.1. The van der Waals surface area contributed by atoms with Crippen molar-refractivity contribution in [1.29, 1.82) is 0 Å². The van der Waals surface area contributed by atoms with Crippen molar-refractivity contribution in [3.8, 4) is 0 Å². The van der Waals surface area contributed by atoms with E-state index >= 15 is 0 Å². The average Bonchev–Trinajstić information content (AvgIpc) is 3.18. The van der Waals surface area contributed by atoms with E-state index in [0.29, 0.717) is 44.7 Å². The molecule has 1 aromatic carbocycles. The van der Waals surface area contributed by atoms with E-state index < -0.39 is 11.5 Å². The van der Waals surface area contributed by atoms with E-state index in [1.54, 1.807) is 17.4 Å². The lowest BCUT2D eigenvalue weighted by Gasteiger charge is -2.45. The van der Waals surface area contributed by atoms with Crippen molar-refractivity contribution in [3.05, 3.63) is 52.0 Å². The second kappa shape index (κ2) is 9.60. The molecule has 0 aliphatic carbocycles. The number of aliphatic hydroxyl groups excluding tert-OH is 2. The SMILES string of the molecule is COCCC[C@@]1(CO)CN(C(=O)c2csc(Cc3ccccc3)n2)CC[C@H]1O. The Bertz CT molecular complexity index is 767. The van der Waals surface area contributed by atoms with Crippen LogP contribution in [0.4, 0.5) is 0 Å². The van der Waals surface area contributed by atoms with Crippen LogP contribution in [-0.2, 0) is 11.2 Å². The fraction of sp³-hybridized carbons (Fsp3) is 0.524. The Morgan fingerprint density at radius 1 is 1.39 bits per heavy atom. The van der Waals surface area contributed by atoms with Crippen LogP contribution in [0, 0.1) is 5.41 Å². The molecular formula is C21H28N2O4S. The molecule has 152 valence electrons. The number of aromatic nitrogens is 1. The molecule has 0 radical (unpaired) electrons. The molecular weight excluding hydrogens is 376 g/mol. The number of methoxy groups -OCH3 is 1. The van der Waals surface area contributed by atoms with Crippen molar-refractivity contribution in [2.45, 2.75) is 31.8 Å². The first-order chi connectivity index (χ1) is 13.6. The molecule has 2 aromatic rings. The van der Waals surface area contributed by atoms with Gasteiger partial charge in [-0.05, 0) is 24.8 Å². The summed E-state index contributed by atoms with van der Waals surface area (Å²) in [5.41, 5.74) is 0.903. The van der Waals surface area contributed by atoms with Crippen LogP contribution in [0.15, 0.2) is 35.7 Å². The lowest BCUT2D eigenvalue weighted by molar-refractivity contribution is -0.0745. The number of aliphatic hydroxyl groups is 2. The minimum absolute atomic E-state index is 0.132. The van der Waals surface area contributed by atoms with E-state index in [9.17, 15) is 15.0 Å². The quantitative estimate of drug-likeness (QED) is 0.660. The minimum Gasteiger partial charge on any atom is -0.396 e. The van der Waals surface area contributed by atoms with E-state index in [-0.39, 0.29) is 12.5 Å². The van der Waals surface area contributed by atoms with E-state index in [1.165, 1.54) is 11.3 Å². The van der Waals surface area contributed by atoms with Crippen molar-refractivity contribution >= 4 is 17.2 Å². The van der Waals surface area contributed by atoms with E-state index in [1.807, 2.05) is 30.3 Å². The topological polar surface area (TPSA) is 82.9 Å². The molecule has 1 fully saturated rings. The Balaban J connectivity index is 1.68. The molecule has 0 saturated carbocycles. The summed E-state index contributed by atoms with van der Waals surface area (Å²) in [5.74, 6) is -0.132. The molecule has 1 amide bonds. The van der Waals surface area contributed by atoms with Crippen LogP contribution in [0.5, 0.6) is 0 Å². The number of hydrogen-bond acceptors (Lipinski definition) is 6. The Morgan fingerprint density at radius 3 is 2.89 bits per heavy atom. The molecule has 0 bridgehead atoms. The normalized spacial score (nSPS) is 22.4. The van der Waals surface area contributed by atoms with Crippen LogP contribution in [0.1, 0.15) is 40.3 Å². The van der Waals surface area contributed by atoms with Gasteiger partial charge >= 0.3 is 0 Å². The summed E-state index contributed by atoms with van der Waals surface area (Å²) in [7, 11) is 1.63. The first kappa shape index (κ1) is 20.9. The van der Waals surface area contributed by atoms with Gasteiger partial charge in [0.05, 0.1) is 17.7 Å². The van der Waals surface area contributed by atoms with Crippen LogP contribution in [-0.4, -0.2) is 65.5 Å². The maximum Gasteiger partial charge on any atom is 0.273 e. The largest absolute Gasteiger partial charge is 0.396 e. The zero-order chi connectivity index (χ0) is 20.0. The summed E-state index contributed by atoms with van der Waals surface area (Å²) in [6, 6.07) is 10.1. The van der Waals surface area contributed by atoms with Crippen LogP contribution in [0.3, 0.4) is 0 Å². The molecule has 1 aromatic heterocycles. The molecule has 3 rings (SSSR count). The predicted molar refractivity (Wildman–Crippen MR) is 109 cm³/mol. The number of likely N-dealkylation sites (tertiary alicyclic amines) is 1. The van der Waals surface area contributed by atoms with Crippen molar-refractivity contribution < 1.29 is 19.7 Å². The molecule has 1 aliphatic heterocycles. The molecule has 2 N–H and O–H groups in total. The molecule has 2 heterocycles. The average molecular weight is 405 g/mol. The maximum atomic E-state index is 13.0. The van der Waals surface area contributed by atoms with Gasteiger partial charge in [-0.3, -0.25) is 4.79 Å². The maximum absolute atomic E-state index is 13.0. The monoisotopic (exact) mass is 404 g/mol. The van der Waals surface area contributed by atoms with E-state index in [2.05, 4.69) is 4.98 Å². The van der Waals surface area contributed by atoms with Gasteiger partial charge in [-0.1, -0.05) is 30.3 Å². The van der Waals surface area contributed by atoms with Gasteiger partial charge in [0.15, 0.2) is 0 Å². The second-order valence-corrected chi connectivity index (χ2v) is 8.38. The lowest BCUT2D eigenvalue weighted by atomic mass is 9.74. The van der Waals surface area contributed by atoms with Gasteiger partial charge in [-0.25, -0.2) is 4.98 Å². The summed E-state index contributed by atoms with van der Waals surface area (Å²) in [6.07, 6.45) is 1.88. The molecule has 7 heteroatoms. The molecule has 0 spiro atoms. The van der Waals surface area contributed by atoms with E-state index in [4.69, 9.17) is 4.74 Å². The zero-order valence-electron chi connectivity index (χ0n) is 16.2. The van der Waals surface area contributed by atoms with Crippen molar-refractivity contribution in [1.82, 2.24) is 9.88 Å². The minimum atomic E-state index is -0.699. The summed E-state index contributed by atoms with van der Waals surface area (Å²) in [5, 5.41) is 23.2. The third kappa shape index (κ3) is 4.78. The molecule has 1 aliphatic rings. The zero-order valence-corrected chi connectivity index (χ0v) is 17.0. The number of ether oxygens (including phenoxy) is 1. The van der Waals surface area contributed by atoms with Crippen LogP contribution < -0.4 is 0 Å². The highest BCUT2D eigenvalue weighted by Crippen LogP contribution is 2.35. The van der Waals surface area contributed by atoms with Crippen LogP contribution >= 0.6 is 11.3 Å². The third-order valence-electron chi connectivity index (χ3n) is 5.48. The second-order valence-electron chi connectivity index (χ2n) is 7.44. The van der Waals surface area contributed by atoms with Crippen LogP contribution in [0.2, 0.25) is 0 Å². The van der Waals surface area contributed by atoms with Crippen LogP contribution in [0.25, 0.3) is 0 Å². The van der Waals surface area contributed by atoms with Gasteiger partial charge in [-0.15, -0.1) is 11.3 Å². The fourth-order valence-corrected chi connectivity index (χ4v) is 4.60. The summed E-state index contributed by atoms with van der Waals surface area (Å²) in [6.45, 7) is 1.21.